The SMILES string of the molecule is COc1ccc(C(=O)NC(=S)Nc2c(Br)cc(Br)cc2-c2nc3ccccc3s2)cc1OC. The molecule has 0 bridgehead atoms. The monoisotopic (exact) mass is 605 g/mol. The highest BCUT2D eigenvalue weighted by molar-refractivity contribution is 9.11. The fourth-order valence-corrected chi connectivity index (χ4v) is 5.66. The number of hydrogen-bond acceptors (Lipinski definition) is 6. The zero-order chi connectivity index (χ0) is 23.5. The summed E-state index contributed by atoms with van der Waals surface area (Å²) in [6.45, 7) is 0. The standard InChI is InChI=1S/C23H17Br2N3O3S2/c1-30-17-8-7-12(9-18(17)31-2)21(29)28-23(32)27-20-14(10-13(24)11-15(20)25)22-26-16-5-3-4-6-19(16)33-22/h3-11H,1-2H3,(H2,27,28,29,32). The molecule has 0 aliphatic carbocycles. The molecule has 0 aliphatic rings. The van der Waals surface area contributed by atoms with E-state index in [1.165, 1.54) is 14.2 Å². The Morgan fingerprint density at radius 1 is 1.03 bits per heavy atom. The van der Waals surface area contributed by atoms with Gasteiger partial charge in [-0.1, -0.05) is 28.1 Å². The maximum absolute atomic E-state index is 12.8. The van der Waals surface area contributed by atoms with Crippen LogP contribution in [0.2, 0.25) is 0 Å². The summed E-state index contributed by atoms with van der Waals surface area (Å²) in [6, 6.07) is 16.7. The van der Waals surface area contributed by atoms with Crippen LogP contribution >= 0.6 is 55.4 Å². The predicted octanol–water partition coefficient (Wildman–Crippen LogP) is 6.63. The lowest BCUT2D eigenvalue weighted by atomic mass is 10.2. The summed E-state index contributed by atoms with van der Waals surface area (Å²) < 4.78 is 13.2. The third kappa shape index (κ3) is 5.19. The summed E-state index contributed by atoms with van der Waals surface area (Å²) in [4.78, 5) is 17.5. The second-order valence-corrected chi connectivity index (χ2v) is 9.98. The first kappa shape index (κ1) is 23.6. The molecule has 0 unspecified atom stereocenters. The summed E-state index contributed by atoms with van der Waals surface area (Å²) in [5, 5.41) is 6.84. The first-order chi connectivity index (χ1) is 15.9. The fourth-order valence-electron chi connectivity index (χ4n) is 3.15. The van der Waals surface area contributed by atoms with Crippen molar-refractivity contribution < 1.29 is 14.3 Å². The van der Waals surface area contributed by atoms with E-state index in [9.17, 15) is 4.79 Å². The Morgan fingerprint density at radius 2 is 1.79 bits per heavy atom. The predicted molar refractivity (Wildman–Crippen MR) is 144 cm³/mol. The number of nitrogens with one attached hydrogen (secondary N) is 2. The Kier molecular flexibility index (Phi) is 7.28. The van der Waals surface area contributed by atoms with Gasteiger partial charge in [-0.15, -0.1) is 11.3 Å². The molecular formula is C23H17Br2N3O3S2. The van der Waals surface area contributed by atoms with Crippen LogP contribution in [-0.2, 0) is 0 Å². The molecule has 0 saturated heterocycles. The molecular weight excluding hydrogens is 590 g/mol. The third-order valence-corrected chi connectivity index (χ3v) is 7.05. The number of carbonyl (C=O) groups excluding carboxylic acids is 1. The number of fused-ring (bicyclic) bond motifs is 1. The molecule has 0 saturated carbocycles. The van der Waals surface area contributed by atoms with Gasteiger partial charge in [0.2, 0.25) is 0 Å². The molecule has 0 aliphatic heterocycles. The van der Waals surface area contributed by atoms with Crippen molar-refractivity contribution in [3.8, 4) is 22.1 Å². The van der Waals surface area contributed by atoms with Gasteiger partial charge in [-0.25, -0.2) is 4.98 Å². The van der Waals surface area contributed by atoms with Crippen LogP contribution in [0.5, 0.6) is 11.5 Å². The van der Waals surface area contributed by atoms with Crippen molar-refractivity contribution >= 4 is 82.3 Å². The molecule has 0 fully saturated rings. The number of rotatable bonds is 5. The van der Waals surface area contributed by atoms with Crippen LogP contribution in [0.1, 0.15) is 10.4 Å². The van der Waals surface area contributed by atoms with Crippen LogP contribution in [0.25, 0.3) is 20.8 Å². The Hall–Kier alpha value is -2.53. The summed E-state index contributed by atoms with van der Waals surface area (Å²) in [6.07, 6.45) is 0. The van der Waals surface area contributed by atoms with Gasteiger partial charge in [-0.3, -0.25) is 10.1 Å². The second kappa shape index (κ2) is 10.2. The molecule has 0 atom stereocenters. The van der Waals surface area contributed by atoms with Crippen molar-refractivity contribution in [2.75, 3.05) is 19.5 Å². The number of carbonyl (C=O) groups is 1. The zero-order valence-electron chi connectivity index (χ0n) is 17.4. The number of thiocarbonyl (C=S) groups is 1. The highest BCUT2D eigenvalue weighted by atomic mass is 79.9. The van der Waals surface area contributed by atoms with Crippen molar-refractivity contribution in [3.05, 3.63) is 69.1 Å². The van der Waals surface area contributed by atoms with Gasteiger partial charge < -0.3 is 14.8 Å². The summed E-state index contributed by atoms with van der Waals surface area (Å²) in [7, 11) is 3.05. The maximum Gasteiger partial charge on any atom is 0.257 e. The summed E-state index contributed by atoms with van der Waals surface area (Å²) >= 11 is 14.2. The summed E-state index contributed by atoms with van der Waals surface area (Å²) in [5.74, 6) is 0.620. The number of amides is 1. The number of benzene rings is 3. The normalized spacial score (nSPS) is 10.7. The molecule has 168 valence electrons. The lowest BCUT2D eigenvalue weighted by molar-refractivity contribution is 0.0977. The maximum atomic E-state index is 12.8. The highest BCUT2D eigenvalue weighted by Crippen LogP contribution is 2.40. The van der Waals surface area contributed by atoms with E-state index in [4.69, 9.17) is 26.7 Å². The van der Waals surface area contributed by atoms with E-state index in [2.05, 4.69) is 42.5 Å². The number of para-hydroxylation sites is 1. The quantitative estimate of drug-likeness (QED) is 0.248. The number of hydrogen-bond donors (Lipinski definition) is 2. The molecule has 0 radical (unpaired) electrons. The largest absolute Gasteiger partial charge is 0.493 e. The molecule has 3 aromatic carbocycles. The van der Waals surface area contributed by atoms with Gasteiger partial charge in [0.05, 0.1) is 30.1 Å². The zero-order valence-corrected chi connectivity index (χ0v) is 22.2. The van der Waals surface area contributed by atoms with E-state index in [-0.39, 0.29) is 11.0 Å². The smallest absolute Gasteiger partial charge is 0.257 e. The number of nitrogens with zero attached hydrogens (tertiary/aromatic N) is 1. The van der Waals surface area contributed by atoms with Gasteiger partial charge in [0.25, 0.3) is 5.91 Å². The Bertz CT molecular complexity index is 1340. The molecule has 1 aromatic heterocycles. The van der Waals surface area contributed by atoms with E-state index >= 15 is 0 Å². The number of ether oxygens (including phenoxy) is 2. The Balaban J connectivity index is 1.60. The number of aromatic nitrogens is 1. The van der Waals surface area contributed by atoms with Crippen molar-refractivity contribution in [2.45, 2.75) is 0 Å². The second-order valence-electron chi connectivity index (χ2n) is 6.77. The van der Waals surface area contributed by atoms with Crippen LogP contribution < -0.4 is 20.1 Å². The van der Waals surface area contributed by atoms with Gasteiger partial charge in [-0.05, 0) is 70.6 Å². The van der Waals surface area contributed by atoms with E-state index < -0.39 is 0 Å². The fraction of sp³-hybridized carbons (Fsp3) is 0.0870. The van der Waals surface area contributed by atoms with Gasteiger partial charge in [-0.2, -0.15) is 0 Å². The van der Waals surface area contributed by atoms with Crippen LogP contribution in [0, 0.1) is 0 Å². The molecule has 1 amide bonds. The van der Waals surface area contributed by atoms with Gasteiger partial charge in [0.1, 0.15) is 5.01 Å². The van der Waals surface area contributed by atoms with E-state index in [0.29, 0.717) is 22.7 Å². The summed E-state index contributed by atoms with van der Waals surface area (Å²) in [5.41, 5.74) is 2.86. The lowest BCUT2D eigenvalue weighted by Crippen LogP contribution is -2.34. The van der Waals surface area contributed by atoms with Crippen molar-refractivity contribution in [3.63, 3.8) is 0 Å². The third-order valence-electron chi connectivity index (χ3n) is 4.69. The minimum atomic E-state index is -0.372. The molecule has 6 nitrogen and oxygen atoms in total. The first-order valence-corrected chi connectivity index (χ1v) is 12.4. The number of halogens is 2. The minimum Gasteiger partial charge on any atom is -0.493 e. The minimum absolute atomic E-state index is 0.153. The Labute approximate surface area is 216 Å². The topological polar surface area (TPSA) is 72.5 Å². The molecule has 1 heterocycles. The average molecular weight is 607 g/mol. The van der Waals surface area contributed by atoms with Crippen molar-refractivity contribution in [1.82, 2.24) is 10.3 Å². The van der Waals surface area contributed by atoms with E-state index in [1.807, 2.05) is 36.4 Å². The van der Waals surface area contributed by atoms with Crippen LogP contribution in [-0.4, -0.2) is 30.2 Å². The van der Waals surface area contributed by atoms with Gasteiger partial charge in [0, 0.05) is 20.1 Å². The van der Waals surface area contributed by atoms with Crippen LogP contribution in [0.15, 0.2) is 63.5 Å². The number of anilines is 1. The van der Waals surface area contributed by atoms with Crippen LogP contribution in [0.3, 0.4) is 0 Å². The van der Waals surface area contributed by atoms with E-state index in [0.717, 1.165) is 29.7 Å². The lowest BCUT2D eigenvalue weighted by Gasteiger charge is -2.15. The number of methoxy groups -OCH3 is 2. The molecule has 10 heteroatoms. The molecule has 4 rings (SSSR count). The van der Waals surface area contributed by atoms with Gasteiger partial charge in [0.15, 0.2) is 16.6 Å². The van der Waals surface area contributed by atoms with Gasteiger partial charge >= 0.3 is 0 Å². The highest BCUT2D eigenvalue weighted by Gasteiger charge is 2.18. The average Bonchev–Trinajstić information content (AvgIpc) is 3.24. The van der Waals surface area contributed by atoms with Crippen molar-refractivity contribution in [2.24, 2.45) is 0 Å². The molecule has 4 aromatic rings. The number of thiazole rings is 1. The molecule has 33 heavy (non-hydrogen) atoms. The molecule has 0 spiro atoms. The Morgan fingerprint density at radius 3 is 2.52 bits per heavy atom. The molecule has 2 N–H and O–H groups in total. The van der Waals surface area contributed by atoms with E-state index in [1.54, 1.807) is 29.5 Å². The van der Waals surface area contributed by atoms with Crippen molar-refractivity contribution in [1.29, 1.82) is 0 Å². The first-order valence-electron chi connectivity index (χ1n) is 9.59. The van der Waals surface area contributed by atoms with Crippen LogP contribution in [0.4, 0.5) is 5.69 Å².